The van der Waals surface area contributed by atoms with E-state index >= 15 is 0 Å². The third-order valence-corrected chi connectivity index (χ3v) is 9.10. The fourth-order valence-electron chi connectivity index (χ4n) is 5.85. The van der Waals surface area contributed by atoms with Crippen LogP contribution in [0.2, 0.25) is 5.02 Å². The largest absolute Gasteiger partial charge is 0.490 e. The van der Waals surface area contributed by atoms with Gasteiger partial charge in [0.25, 0.3) is 5.56 Å². The van der Waals surface area contributed by atoms with Gasteiger partial charge in [-0.05, 0) is 77.9 Å². The van der Waals surface area contributed by atoms with Crippen LogP contribution in [0, 0.1) is 0 Å². The van der Waals surface area contributed by atoms with E-state index in [1.54, 1.807) is 0 Å². The second-order valence-electron chi connectivity index (χ2n) is 10.6. The van der Waals surface area contributed by atoms with Crippen LogP contribution in [-0.4, -0.2) is 11.2 Å². The lowest BCUT2D eigenvalue weighted by Gasteiger charge is -2.30. The van der Waals surface area contributed by atoms with Crippen molar-refractivity contribution >= 4 is 34.7 Å². The molecule has 1 aliphatic carbocycles. The first kappa shape index (κ1) is 27.4. The first-order chi connectivity index (χ1) is 21.1. The van der Waals surface area contributed by atoms with E-state index in [1.807, 2.05) is 78.2 Å². The molecule has 0 radical (unpaired) electrons. The zero-order valence-electron chi connectivity index (χ0n) is 23.6. The maximum atomic E-state index is 14.1. The highest BCUT2D eigenvalue weighted by Crippen LogP contribution is 2.41. The van der Waals surface area contributed by atoms with E-state index in [9.17, 15) is 4.79 Å². The summed E-state index contributed by atoms with van der Waals surface area (Å²) in [6.45, 7) is 2.83. The van der Waals surface area contributed by atoms with Crippen molar-refractivity contribution in [3.63, 3.8) is 0 Å². The van der Waals surface area contributed by atoms with E-state index in [0.29, 0.717) is 39.1 Å². The Hall–Kier alpha value is -4.39. The molecule has 214 valence electrons. The van der Waals surface area contributed by atoms with Crippen molar-refractivity contribution in [1.29, 1.82) is 0 Å². The van der Waals surface area contributed by atoms with Gasteiger partial charge in [0.15, 0.2) is 16.3 Å². The number of aromatic nitrogens is 1. The molecule has 0 saturated heterocycles. The zero-order valence-corrected chi connectivity index (χ0v) is 25.2. The van der Waals surface area contributed by atoms with E-state index in [0.717, 1.165) is 40.8 Å². The summed E-state index contributed by atoms with van der Waals surface area (Å²) in [5, 5.41) is 0.688. The van der Waals surface area contributed by atoms with Gasteiger partial charge in [0.05, 0.1) is 22.9 Å². The molecule has 43 heavy (non-hydrogen) atoms. The molecule has 2 heterocycles. The van der Waals surface area contributed by atoms with Crippen LogP contribution in [0.1, 0.15) is 47.2 Å². The molecule has 0 amide bonds. The van der Waals surface area contributed by atoms with Gasteiger partial charge < -0.3 is 9.47 Å². The highest BCUT2D eigenvalue weighted by molar-refractivity contribution is 7.07. The third-order valence-electron chi connectivity index (χ3n) is 7.86. The number of nitrogens with zero attached hydrogens (tertiary/aromatic N) is 2. The Morgan fingerprint density at radius 2 is 1.72 bits per heavy atom. The van der Waals surface area contributed by atoms with Gasteiger partial charge in [0, 0.05) is 10.6 Å². The Morgan fingerprint density at radius 1 is 0.930 bits per heavy atom. The zero-order chi connectivity index (χ0) is 29.3. The summed E-state index contributed by atoms with van der Waals surface area (Å²) in [5.41, 5.74) is 7.60. The van der Waals surface area contributed by atoms with Crippen molar-refractivity contribution in [3.05, 3.63) is 155 Å². The molecule has 0 bridgehead atoms. The van der Waals surface area contributed by atoms with Crippen LogP contribution in [-0.2, 0) is 13.0 Å². The fraction of sp³-hybridized carbons (Fsp3) is 0.167. The number of hydrogen-bond donors (Lipinski definition) is 0. The Labute approximate surface area is 258 Å². The van der Waals surface area contributed by atoms with Gasteiger partial charge >= 0.3 is 0 Å². The standard InChI is InChI=1S/C36H29ClN2O3S/c1-2-41-31-20-24(14-19-30(31)42-22-23-12-16-27(37)17-13-23)21-32-35(40)39-34(26-9-4-3-5-10-26)29-18-15-25-8-6-7-11-28(25)33(29)38-36(39)43-32/h3-14,16-17,19-21,34H,2,15,18,22H2,1H3/b32-21-/t34-/m0/s1. The average Bonchev–Trinajstić information content (AvgIpc) is 3.34. The molecule has 1 atom stereocenters. The summed E-state index contributed by atoms with van der Waals surface area (Å²) in [6, 6.07) is 31.9. The monoisotopic (exact) mass is 604 g/mol. The first-order valence-corrected chi connectivity index (χ1v) is 15.6. The van der Waals surface area contributed by atoms with Crippen LogP contribution < -0.4 is 24.4 Å². The van der Waals surface area contributed by atoms with E-state index in [2.05, 4.69) is 36.4 Å². The normalized spacial score (nSPS) is 15.8. The Morgan fingerprint density at radius 3 is 2.53 bits per heavy atom. The SMILES string of the molecule is CCOc1cc(/C=c2\sc3n(c2=O)[C@@H](c2ccccc2)C2=C(N=3)c3ccccc3CC2)ccc1OCc1ccc(Cl)cc1. The van der Waals surface area contributed by atoms with Gasteiger partial charge in [-0.3, -0.25) is 9.36 Å². The molecule has 7 rings (SSSR count). The van der Waals surface area contributed by atoms with Gasteiger partial charge in [-0.1, -0.05) is 95.7 Å². The molecule has 7 heteroatoms. The first-order valence-electron chi connectivity index (χ1n) is 14.4. The number of allylic oxidation sites excluding steroid dienone is 1. The van der Waals surface area contributed by atoms with Crippen LogP contribution in [0.5, 0.6) is 11.5 Å². The predicted molar refractivity (Wildman–Crippen MR) is 173 cm³/mol. The highest BCUT2D eigenvalue weighted by atomic mass is 35.5. The van der Waals surface area contributed by atoms with Gasteiger partial charge in [-0.25, -0.2) is 4.99 Å². The van der Waals surface area contributed by atoms with E-state index in [4.69, 9.17) is 26.1 Å². The molecule has 0 fully saturated rings. The lowest BCUT2D eigenvalue weighted by Crippen LogP contribution is -2.38. The molecular weight excluding hydrogens is 576 g/mol. The van der Waals surface area contributed by atoms with Gasteiger partial charge in [0.1, 0.15) is 6.61 Å². The molecule has 0 saturated carbocycles. The molecule has 1 aromatic heterocycles. The Balaban J connectivity index is 1.30. The number of fused-ring (bicyclic) bond motifs is 3. The third kappa shape index (κ3) is 5.33. The smallest absolute Gasteiger partial charge is 0.271 e. The van der Waals surface area contributed by atoms with Crippen molar-refractivity contribution in [1.82, 2.24) is 4.57 Å². The van der Waals surface area contributed by atoms with Crippen molar-refractivity contribution < 1.29 is 9.47 Å². The summed E-state index contributed by atoms with van der Waals surface area (Å²) >= 11 is 7.45. The minimum Gasteiger partial charge on any atom is -0.490 e. The number of benzene rings is 4. The van der Waals surface area contributed by atoms with Gasteiger partial charge in [-0.15, -0.1) is 0 Å². The number of rotatable bonds is 7. The minimum absolute atomic E-state index is 0.0379. The second kappa shape index (κ2) is 11.7. The maximum absolute atomic E-state index is 14.1. The number of hydrogen-bond acceptors (Lipinski definition) is 5. The van der Waals surface area contributed by atoms with Crippen LogP contribution in [0.4, 0.5) is 0 Å². The predicted octanol–water partition coefficient (Wildman–Crippen LogP) is 6.95. The molecule has 2 aliphatic rings. The summed E-state index contributed by atoms with van der Waals surface area (Å²) in [7, 11) is 0. The molecule has 0 unspecified atom stereocenters. The lowest BCUT2D eigenvalue weighted by atomic mass is 9.83. The molecule has 4 aromatic carbocycles. The molecule has 5 nitrogen and oxygen atoms in total. The van der Waals surface area contributed by atoms with Crippen molar-refractivity contribution in [2.24, 2.45) is 4.99 Å². The topological polar surface area (TPSA) is 52.8 Å². The Bertz CT molecular complexity index is 2030. The van der Waals surface area contributed by atoms with E-state index < -0.39 is 0 Å². The minimum atomic E-state index is -0.189. The average molecular weight is 605 g/mol. The summed E-state index contributed by atoms with van der Waals surface area (Å²) in [5.74, 6) is 1.28. The molecule has 5 aromatic rings. The van der Waals surface area contributed by atoms with Gasteiger partial charge in [0.2, 0.25) is 0 Å². The number of aryl methyl sites for hydroxylation is 1. The molecule has 0 N–H and O–H groups in total. The second-order valence-corrected chi connectivity index (χ2v) is 12.0. The van der Waals surface area contributed by atoms with E-state index in [-0.39, 0.29) is 11.6 Å². The van der Waals surface area contributed by atoms with Crippen LogP contribution in [0.25, 0.3) is 11.8 Å². The highest BCUT2D eigenvalue weighted by Gasteiger charge is 2.32. The maximum Gasteiger partial charge on any atom is 0.271 e. The van der Waals surface area contributed by atoms with E-state index in [1.165, 1.54) is 22.5 Å². The van der Waals surface area contributed by atoms with Crippen LogP contribution in [0.15, 0.2) is 112 Å². The summed E-state index contributed by atoms with van der Waals surface area (Å²) in [6.07, 6.45) is 3.73. The quantitative estimate of drug-likeness (QED) is 0.202. The van der Waals surface area contributed by atoms with Gasteiger partial charge in [-0.2, -0.15) is 0 Å². The number of halogens is 1. The summed E-state index contributed by atoms with van der Waals surface area (Å²) < 4.78 is 14.5. The van der Waals surface area contributed by atoms with Crippen molar-refractivity contribution in [2.75, 3.05) is 6.61 Å². The lowest BCUT2D eigenvalue weighted by molar-refractivity contribution is 0.269. The Kier molecular flexibility index (Phi) is 7.47. The van der Waals surface area contributed by atoms with Crippen molar-refractivity contribution in [3.8, 4) is 11.5 Å². The summed E-state index contributed by atoms with van der Waals surface area (Å²) in [4.78, 5) is 19.9. The van der Waals surface area contributed by atoms with Crippen LogP contribution in [0.3, 0.4) is 0 Å². The number of ether oxygens (including phenoxy) is 2. The molecule has 1 aliphatic heterocycles. The fourth-order valence-corrected chi connectivity index (χ4v) is 6.98. The van der Waals surface area contributed by atoms with Crippen LogP contribution >= 0.6 is 22.9 Å². The molecule has 0 spiro atoms. The molecular formula is C36H29ClN2O3S. The van der Waals surface area contributed by atoms with Crippen molar-refractivity contribution in [2.45, 2.75) is 32.4 Å². The number of thiazole rings is 1.